The first kappa shape index (κ1) is 12.0. The van der Waals surface area contributed by atoms with Crippen LogP contribution in [0, 0.1) is 16.7 Å². The van der Waals surface area contributed by atoms with Crippen molar-refractivity contribution in [2.45, 2.75) is 27.7 Å². The first-order valence-corrected chi connectivity index (χ1v) is 4.84. The van der Waals surface area contributed by atoms with Crippen molar-refractivity contribution in [1.29, 1.82) is 0 Å². The van der Waals surface area contributed by atoms with Crippen molar-refractivity contribution in [1.82, 2.24) is 5.48 Å². The number of nitrogens with one attached hydrogen (secondary N) is 1. The van der Waals surface area contributed by atoms with E-state index in [-0.39, 0.29) is 22.7 Å². The van der Waals surface area contributed by atoms with Gasteiger partial charge in [0.15, 0.2) is 6.61 Å². The van der Waals surface area contributed by atoms with Crippen molar-refractivity contribution in [2.24, 2.45) is 16.7 Å². The van der Waals surface area contributed by atoms with Crippen molar-refractivity contribution in [3.8, 4) is 0 Å². The van der Waals surface area contributed by atoms with Gasteiger partial charge in [-0.15, -0.1) is 0 Å². The third-order valence-corrected chi connectivity index (χ3v) is 3.65. The van der Waals surface area contributed by atoms with Crippen LogP contribution < -0.4 is 5.48 Å². The summed E-state index contributed by atoms with van der Waals surface area (Å²) in [6.07, 6.45) is 0. The molecule has 0 spiro atoms. The summed E-state index contributed by atoms with van der Waals surface area (Å²) in [5, 5.41) is 8.31. The summed E-state index contributed by atoms with van der Waals surface area (Å²) in [5.74, 6) is -1.48. The standard InChI is InChI=1S/C10H17NO4/c1-9(2)7(10(9,3)4)8(14)11-15-5-6(12)13/h7H,5H2,1-4H3,(H,11,14)(H,12,13). The van der Waals surface area contributed by atoms with Gasteiger partial charge in [-0.25, -0.2) is 10.3 Å². The zero-order valence-electron chi connectivity index (χ0n) is 9.46. The van der Waals surface area contributed by atoms with Crippen LogP contribution in [0.5, 0.6) is 0 Å². The summed E-state index contributed by atoms with van der Waals surface area (Å²) in [4.78, 5) is 26.3. The van der Waals surface area contributed by atoms with Crippen LogP contribution in [0.3, 0.4) is 0 Å². The molecule has 0 atom stereocenters. The second-order valence-electron chi connectivity index (χ2n) is 5.03. The molecule has 1 aliphatic carbocycles. The lowest BCUT2D eigenvalue weighted by Gasteiger charge is -2.04. The molecule has 0 bridgehead atoms. The number of hydrogen-bond donors (Lipinski definition) is 2. The Hall–Kier alpha value is -1.10. The highest BCUT2D eigenvalue weighted by atomic mass is 16.7. The van der Waals surface area contributed by atoms with E-state index in [0.29, 0.717) is 0 Å². The zero-order chi connectivity index (χ0) is 11.9. The van der Waals surface area contributed by atoms with Crippen molar-refractivity contribution < 1.29 is 19.5 Å². The minimum absolute atomic E-state index is 0.0658. The van der Waals surface area contributed by atoms with Crippen LogP contribution in [0.15, 0.2) is 0 Å². The molecule has 86 valence electrons. The number of carboxylic acid groups (broad SMARTS) is 1. The SMILES string of the molecule is CC1(C)C(C(=O)NOCC(=O)O)C1(C)C. The lowest BCUT2D eigenvalue weighted by atomic mass is 10.0. The topological polar surface area (TPSA) is 75.6 Å². The predicted octanol–water partition coefficient (Wildman–Crippen LogP) is 0.801. The molecule has 1 amide bonds. The summed E-state index contributed by atoms with van der Waals surface area (Å²) in [7, 11) is 0. The molecule has 0 aromatic rings. The van der Waals surface area contributed by atoms with Gasteiger partial charge < -0.3 is 5.11 Å². The molecule has 1 saturated carbocycles. The highest BCUT2D eigenvalue weighted by molar-refractivity contribution is 5.83. The van der Waals surface area contributed by atoms with Gasteiger partial charge in [0, 0.05) is 0 Å². The molecule has 15 heavy (non-hydrogen) atoms. The van der Waals surface area contributed by atoms with Gasteiger partial charge in [-0.2, -0.15) is 0 Å². The van der Waals surface area contributed by atoms with E-state index in [1.54, 1.807) is 0 Å². The molecule has 1 aliphatic rings. The molecule has 0 unspecified atom stereocenters. The molecule has 1 rings (SSSR count). The van der Waals surface area contributed by atoms with Crippen LogP contribution >= 0.6 is 0 Å². The van der Waals surface area contributed by atoms with Gasteiger partial charge in [0.2, 0.25) is 5.91 Å². The smallest absolute Gasteiger partial charge is 0.332 e. The highest BCUT2D eigenvalue weighted by Gasteiger charge is 2.68. The van der Waals surface area contributed by atoms with Gasteiger partial charge in [-0.05, 0) is 10.8 Å². The molecule has 2 N–H and O–H groups in total. The van der Waals surface area contributed by atoms with E-state index in [2.05, 4.69) is 10.3 Å². The van der Waals surface area contributed by atoms with Gasteiger partial charge in [0.1, 0.15) is 0 Å². The van der Waals surface area contributed by atoms with Crippen molar-refractivity contribution in [2.75, 3.05) is 6.61 Å². The van der Waals surface area contributed by atoms with Crippen LogP contribution in [-0.2, 0) is 14.4 Å². The van der Waals surface area contributed by atoms with Crippen LogP contribution in [-0.4, -0.2) is 23.6 Å². The number of aliphatic carboxylic acids is 1. The molecule has 0 saturated heterocycles. The molecular weight excluding hydrogens is 198 g/mol. The molecular formula is C10H17NO4. The van der Waals surface area contributed by atoms with Gasteiger partial charge >= 0.3 is 5.97 Å². The van der Waals surface area contributed by atoms with Crippen LogP contribution in [0.4, 0.5) is 0 Å². The summed E-state index contributed by atoms with van der Waals surface area (Å²) < 4.78 is 0. The average molecular weight is 215 g/mol. The largest absolute Gasteiger partial charge is 0.479 e. The Balaban J connectivity index is 2.41. The Morgan fingerprint density at radius 1 is 1.27 bits per heavy atom. The Kier molecular flexibility index (Phi) is 2.78. The monoisotopic (exact) mass is 215 g/mol. The summed E-state index contributed by atoms with van der Waals surface area (Å²) in [5.41, 5.74) is 2.04. The maximum absolute atomic E-state index is 11.6. The van der Waals surface area contributed by atoms with Gasteiger partial charge in [0.05, 0.1) is 5.92 Å². The van der Waals surface area contributed by atoms with E-state index in [4.69, 9.17) is 5.11 Å². The normalized spacial score (nSPS) is 22.1. The highest BCUT2D eigenvalue weighted by Crippen LogP contribution is 2.68. The Morgan fingerprint density at radius 2 is 1.73 bits per heavy atom. The van der Waals surface area contributed by atoms with Crippen LogP contribution in [0.2, 0.25) is 0 Å². The van der Waals surface area contributed by atoms with Gasteiger partial charge in [-0.1, -0.05) is 27.7 Å². The molecule has 1 fully saturated rings. The molecule has 0 heterocycles. The Bertz CT molecular complexity index is 282. The summed E-state index contributed by atoms with van der Waals surface area (Å²) >= 11 is 0. The molecule has 5 heteroatoms. The molecule has 0 aliphatic heterocycles. The van der Waals surface area contributed by atoms with Crippen molar-refractivity contribution >= 4 is 11.9 Å². The number of rotatable bonds is 4. The quantitative estimate of drug-likeness (QED) is 0.680. The van der Waals surface area contributed by atoms with E-state index >= 15 is 0 Å². The predicted molar refractivity (Wildman–Crippen MR) is 52.8 cm³/mol. The number of carbonyl (C=O) groups excluding carboxylic acids is 1. The lowest BCUT2D eigenvalue weighted by Crippen LogP contribution is -2.29. The number of carboxylic acids is 1. The number of amides is 1. The Morgan fingerprint density at radius 3 is 2.07 bits per heavy atom. The fourth-order valence-electron chi connectivity index (χ4n) is 2.08. The maximum Gasteiger partial charge on any atom is 0.332 e. The van der Waals surface area contributed by atoms with Crippen molar-refractivity contribution in [3.63, 3.8) is 0 Å². The van der Waals surface area contributed by atoms with E-state index in [1.807, 2.05) is 27.7 Å². The van der Waals surface area contributed by atoms with Crippen LogP contribution in [0.1, 0.15) is 27.7 Å². The second kappa shape index (κ2) is 3.48. The summed E-state index contributed by atoms with van der Waals surface area (Å²) in [6.45, 7) is 7.52. The van der Waals surface area contributed by atoms with E-state index in [1.165, 1.54) is 0 Å². The fourth-order valence-corrected chi connectivity index (χ4v) is 2.08. The fraction of sp³-hybridized carbons (Fsp3) is 0.800. The third kappa shape index (κ3) is 1.97. The molecule has 5 nitrogen and oxygen atoms in total. The number of hydrogen-bond acceptors (Lipinski definition) is 3. The Labute approximate surface area is 88.8 Å². The third-order valence-electron chi connectivity index (χ3n) is 3.65. The van der Waals surface area contributed by atoms with E-state index < -0.39 is 12.6 Å². The van der Waals surface area contributed by atoms with Crippen LogP contribution in [0.25, 0.3) is 0 Å². The molecule has 0 aromatic carbocycles. The number of hydroxylamine groups is 1. The lowest BCUT2D eigenvalue weighted by molar-refractivity contribution is -0.150. The number of carbonyl (C=O) groups is 2. The average Bonchev–Trinajstić information content (AvgIpc) is 2.41. The van der Waals surface area contributed by atoms with E-state index in [9.17, 15) is 9.59 Å². The maximum atomic E-state index is 11.6. The van der Waals surface area contributed by atoms with E-state index in [0.717, 1.165) is 0 Å². The minimum Gasteiger partial charge on any atom is -0.479 e. The minimum atomic E-state index is -1.11. The van der Waals surface area contributed by atoms with Crippen molar-refractivity contribution in [3.05, 3.63) is 0 Å². The van der Waals surface area contributed by atoms with Gasteiger partial charge in [0.25, 0.3) is 0 Å². The first-order valence-electron chi connectivity index (χ1n) is 4.84. The molecule has 0 radical (unpaired) electrons. The zero-order valence-corrected chi connectivity index (χ0v) is 9.46. The molecule has 0 aromatic heterocycles. The first-order chi connectivity index (χ1) is 6.71. The second-order valence-corrected chi connectivity index (χ2v) is 5.03. The van der Waals surface area contributed by atoms with Gasteiger partial charge in [-0.3, -0.25) is 9.63 Å². The summed E-state index contributed by atoms with van der Waals surface area (Å²) in [6, 6.07) is 0.